The van der Waals surface area contributed by atoms with Crippen LogP contribution in [-0.2, 0) is 9.53 Å². The van der Waals surface area contributed by atoms with Gasteiger partial charge in [-0.15, -0.1) is 0 Å². The van der Waals surface area contributed by atoms with Crippen LogP contribution in [0, 0.1) is 0 Å². The van der Waals surface area contributed by atoms with Gasteiger partial charge < -0.3 is 4.74 Å². The zero-order valence-electron chi connectivity index (χ0n) is 12.7. The topological polar surface area (TPSA) is 32.8 Å². The Hall–Kier alpha value is -0.610. The van der Waals surface area contributed by atoms with E-state index in [2.05, 4.69) is 30.7 Å². The third-order valence-electron chi connectivity index (χ3n) is 3.49. The van der Waals surface area contributed by atoms with Gasteiger partial charge in [-0.1, -0.05) is 0 Å². The average molecular weight is 256 g/mol. The number of likely N-dealkylation sites (N-methyl/N-ethyl adjacent to an activating group) is 1. The van der Waals surface area contributed by atoms with Crippen LogP contribution in [-0.4, -0.2) is 60.1 Å². The van der Waals surface area contributed by atoms with Gasteiger partial charge in [0.1, 0.15) is 5.60 Å². The largest absolute Gasteiger partial charge is 0.460 e. The molecule has 0 amide bonds. The van der Waals surface area contributed by atoms with Gasteiger partial charge in [-0.25, -0.2) is 0 Å². The van der Waals surface area contributed by atoms with Gasteiger partial charge in [-0.2, -0.15) is 0 Å². The number of esters is 1. The van der Waals surface area contributed by atoms with Crippen LogP contribution in [0.4, 0.5) is 0 Å². The van der Waals surface area contributed by atoms with Crippen LogP contribution in [0.15, 0.2) is 0 Å². The lowest BCUT2D eigenvalue weighted by Crippen LogP contribution is -2.55. The normalized spacial score (nSPS) is 27.2. The average Bonchev–Trinajstić information content (AvgIpc) is 2.20. The summed E-state index contributed by atoms with van der Waals surface area (Å²) in [6, 6.07) is 1.10. The molecule has 0 radical (unpaired) electrons. The van der Waals surface area contributed by atoms with Crippen LogP contribution in [0.1, 0.15) is 41.0 Å². The fraction of sp³-hybridized carbons (Fsp3) is 0.929. The highest BCUT2D eigenvalue weighted by atomic mass is 16.6. The van der Waals surface area contributed by atoms with Gasteiger partial charge in [0.15, 0.2) is 0 Å². The summed E-state index contributed by atoms with van der Waals surface area (Å²) in [5, 5.41) is 0. The smallest absolute Gasteiger partial charge is 0.307 e. The summed E-state index contributed by atoms with van der Waals surface area (Å²) in [6.07, 6.45) is 0.487. The van der Waals surface area contributed by atoms with Crippen LogP contribution >= 0.6 is 0 Å². The van der Waals surface area contributed by atoms with Crippen molar-refractivity contribution in [1.82, 2.24) is 9.80 Å². The first-order chi connectivity index (χ1) is 8.19. The van der Waals surface area contributed by atoms with Crippen LogP contribution in [0.2, 0.25) is 0 Å². The number of ether oxygens (including phenoxy) is 1. The van der Waals surface area contributed by atoms with Gasteiger partial charge in [0, 0.05) is 31.7 Å². The van der Waals surface area contributed by atoms with Crippen LogP contribution in [0.5, 0.6) is 0 Å². The molecule has 2 unspecified atom stereocenters. The van der Waals surface area contributed by atoms with E-state index in [4.69, 9.17) is 4.74 Å². The molecule has 2 atom stereocenters. The number of carbonyl (C=O) groups is 1. The maximum absolute atomic E-state index is 11.7. The minimum absolute atomic E-state index is 0.0956. The highest BCUT2D eigenvalue weighted by molar-refractivity contribution is 5.70. The summed E-state index contributed by atoms with van der Waals surface area (Å²) >= 11 is 0. The number of rotatable bonds is 3. The minimum atomic E-state index is -0.375. The summed E-state index contributed by atoms with van der Waals surface area (Å²) in [5.41, 5.74) is -0.375. The van der Waals surface area contributed by atoms with Crippen molar-refractivity contribution in [2.45, 2.75) is 58.7 Å². The highest BCUT2D eigenvalue weighted by Gasteiger charge is 2.26. The third kappa shape index (κ3) is 4.94. The van der Waals surface area contributed by atoms with Crippen molar-refractivity contribution >= 4 is 5.97 Å². The first kappa shape index (κ1) is 15.4. The SMILES string of the molecule is CC1CN(CCC(=O)OC(C)(C)C)CC(C)N1C. The number of hydrogen-bond acceptors (Lipinski definition) is 4. The summed E-state index contributed by atoms with van der Waals surface area (Å²) < 4.78 is 5.33. The second-order valence-corrected chi connectivity index (χ2v) is 6.46. The molecule has 1 heterocycles. The van der Waals surface area contributed by atoms with E-state index in [9.17, 15) is 4.79 Å². The predicted octanol–water partition coefficient (Wildman–Crippen LogP) is 1.74. The molecule has 1 rings (SSSR count). The van der Waals surface area contributed by atoms with Gasteiger partial charge >= 0.3 is 5.97 Å². The summed E-state index contributed by atoms with van der Waals surface area (Å²) in [5.74, 6) is -0.0956. The lowest BCUT2D eigenvalue weighted by atomic mass is 10.1. The Labute approximate surface area is 111 Å². The predicted molar refractivity (Wildman–Crippen MR) is 73.6 cm³/mol. The molecule has 0 saturated carbocycles. The Balaban J connectivity index is 2.34. The van der Waals surface area contributed by atoms with Gasteiger partial charge in [0.2, 0.25) is 0 Å². The van der Waals surface area contributed by atoms with E-state index in [-0.39, 0.29) is 11.6 Å². The maximum Gasteiger partial charge on any atom is 0.307 e. The number of piperazine rings is 1. The Morgan fingerprint density at radius 2 is 1.72 bits per heavy atom. The molecule has 0 bridgehead atoms. The highest BCUT2D eigenvalue weighted by Crippen LogP contribution is 2.14. The Kier molecular flexibility index (Phi) is 5.17. The second kappa shape index (κ2) is 6.02. The molecule has 0 N–H and O–H groups in total. The molecule has 4 nitrogen and oxygen atoms in total. The standard InChI is InChI=1S/C14H28N2O2/c1-11-9-16(10-12(2)15(11)6)8-7-13(17)18-14(3,4)5/h11-12H,7-10H2,1-6H3. The molecule has 1 aliphatic rings. The zero-order valence-corrected chi connectivity index (χ0v) is 12.7. The lowest BCUT2D eigenvalue weighted by molar-refractivity contribution is -0.155. The maximum atomic E-state index is 11.7. The zero-order chi connectivity index (χ0) is 13.9. The van der Waals surface area contributed by atoms with Gasteiger partial charge in [0.05, 0.1) is 6.42 Å². The Bertz CT molecular complexity index is 274. The van der Waals surface area contributed by atoms with Crippen molar-refractivity contribution in [2.75, 3.05) is 26.7 Å². The quantitative estimate of drug-likeness (QED) is 0.720. The number of hydrogen-bond donors (Lipinski definition) is 0. The molecule has 1 saturated heterocycles. The monoisotopic (exact) mass is 256 g/mol. The van der Waals surface area contributed by atoms with E-state index >= 15 is 0 Å². The summed E-state index contributed by atoms with van der Waals surface area (Å²) in [6.45, 7) is 13.1. The van der Waals surface area contributed by atoms with E-state index < -0.39 is 0 Å². The number of carbonyl (C=O) groups excluding carboxylic acids is 1. The van der Waals surface area contributed by atoms with Crippen molar-refractivity contribution in [3.8, 4) is 0 Å². The molecule has 106 valence electrons. The fourth-order valence-electron chi connectivity index (χ4n) is 2.34. The van der Waals surface area contributed by atoms with Crippen molar-refractivity contribution in [1.29, 1.82) is 0 Å². The Morgan fingerprint density at radius 3 is 2.17 bits per heavy atom. The van der Waals surface area contributed by atoms with E-state index in [1.807, 2.05) is 20.8 Å². The Morgan fingerprint density at radius 1 is 1.22 bits per heavy atom. The molecule has 1 fully saturated rings. The summed E-state index contributed by atoms with van der Waals surface area (Å²) in [4.78, 5) is 16.4. The lowest BCUT2D eigenvalue weighted by Gasteiger charge is -2.42. The van der Waals surface area contributed by atoms with Crippen LogP contribution in [0.3, 0.4) is 0 Å². The molecular formula is C14H28N2O2. The molecule has 0 aromatic carbocycles. The van der Waals surface area contributed by atoms with Gasteiger partial charge in [-0.05, 0) is 41.7 Å². The van der Waals surface area contributed by atoms with Crippen molar-refractivity contribution in [2.24, 2.45) is 0 Å². The molecular weight excluding hydrogens is 228 g/mol. The third-order valence-corrected chi connectivity index (χ3v) is 3.49. The van der Waals surface area contributed by atoms with Crippen LogP contribution < -0.4 is 0 Å². The fourth-order valence-corrected chi connectivity index (χ4v) is 2.34. The van der Waals surface area contributed by atoms with E-state index in [0.717, 1.165) is 19.6 Å². The minimum Gasteiger partial charge on any atom is -0.460 e. The van der Waals surface area contributed by atoms with Gasteiger partial charge in [-0.3, -0.25) is 14.6 Å². The molecule has 18 heavy (non-hydrogen) atoms. The molecule has 0 aromatic rings. The van der Waals surface area contributed by atoms with E-state index in [1.54, 1.807) is 0 Å². The van der Waals surface area contributed by atoms with E-state index in [1.165, 1.54) is 0 Å². The van der Waals surface area contributed by atoms with Crippen molar-refractivity contribution in [3.05, 3.63) is 0 Å². The van der Waals surface area contributed by atoms with Gasteiger partial charge in [0.25, 0.3) is 0 Å². The van der Waals surface area contributed by atoms with Crippen LogP contribution in [0.25, 0.3) is 0 Å². The summed E-state index contributed by atoms with van der Waals surface area (Å²) in [7, 11) is 2.17. The van der Waals surface area contributed by atoms with Crippen molar-refractivity contribution < 1.29 is 9.53 Å². The molecule has 0 aromatic heterocycles. The molecule has 1 aliphatic heterocycles. The number of nitrogens with zero attached hydrogens (tertiary/aromatic N) is 2. The van der Waals surface area contributed by atoms with E-state index in [0.29, 0.717) is 18.5 Å². The molecule has 0 aliphatic carbocycles. The first-order valence-electron chi connectivity index (χ1n) is 6.85. The second-order valence-electron chi connectivity index (χ2n) is 6.46. The molecule has 4 heteroatoms. The van der Waals surface area contributed by atoms with Crippen molar-refractivity contribution in [3.63, 3.8) is 0 Å². The molecule has 0 spiro atoms. The first-order valence-corrected chi connectivity index (χ1v) is 6.85.